The van der Waals surface area contributed by atoms with Crippen molar-refractivity contribution in [3.05, 3.63) is 95.8 Å². The second-order valence-electron chi connectivity index (χ2n) is 16.1. The number of hydrogen-bond acceptors (Lipinski definition) is 10. The van der Waals surface area contributed by atoms with Crippen LogP contribution in [0.5, 0.6) is 11.5 Å². The Morgan fingerprint density at radius 1 is 1.05 bits per heavy atom. The summed E-state index contributed by atoms with van der Waals surface area (Å²) in [5.74, 6) is -0.490. The number of urea groups is 1. The molecule has 322 valence electrons. The van der Waals surface area contributed by atoms with Crippen LogP contribution in [-0.4, -0.2) is 55.7 Å². The summed E-state index contributed by atoms with van der Waals surface area (Å²) in [4.78, 5) is 42.8. The molecule has 2 N–H and O–H groups in total. The molecule has 3 heterocycles. The number of nitriles is 1. The van der Waals surface area contributed by atoms with E-state index in [9.17, 15) is 28.4 Å². The number of aromatic nitrogens is 4. The van der Waals surface area contributed by atoms with Gasteiger partial charge in [0, 0.05) is 50.1 Å². The van der Waals surface area contributed by atoms with Crippen molar-refractivity contribution in [2.45, 2.75) is 89.5 Å². The maximum absolute atomic E-state index is 14.8. The number of rotatable bonds is 11. The molecule has 62 heavy (non-hydrogen) atoms. The second kappa shape index (κ2) is 20.3. The minimum Gasteiger partial charge on any atom is -0.453 e. The SMILES string of the molecule is Cn1nc(N2CCC(=O)NC2=O)c2cc(F)c(C3CCCCC3)cc21.[CH2-]CC1(C[CH2-])CCC(n2cnc3ccc(Oc4c(F)ccc(NSN(C)CC)c4C#N)cc3c2=O)C1.[Na+]. The van der Waals surface area contributed by atoms with Gasteiger partial charge in [0.25, 0.3) is 5.56 Å². The van der Waals surface area contributed by atoms with Gasteiger partial charge in [0.2, 0.25) is 5.91 Å². The first-order valence-electron chi connectivity index (χ1n) is 20.8. The number of anilines is 2. The molecule has 17 heteroatoms. The predicted octanol–water partition coefficient (Wildman–Crippen LogP) is 6.50. The van der Waals surface area contributed by atoms with Crippen molar-refractivity contribution in [3.63, 3.8) is 0 Å². The summed E-state index contributed by atoms with van der Waals surface area (Å²) < 4.78 is 43.8. The number of hydrogen-bond donors (Lipinski definition) is 2. The summed E-state index contributed by atoms with van der Waals surface area (Å²) in [6, 6.07) is 12.5. The molecular formula is C45H51F2N9NaO4S-. The monoisotopic (exact) mass is 874 g/mol. The molecule has 1 saturated heterocycles. The predicted molar refractivity (Wildman–Crippen MR) is 234 cm³/mol. The normalized spacial score (nSPS) is 17.7. The number of benzene rings is 3. The fourth-order valence-corrected chi connectivity index (χ4v) is 9.11. The molecule has 8 rings (SSSR count). The number of carbonyl (C=O) groups is 2. The summed E-state index contributed by atoms with van der Waals surface area (Å²) >= 11 is 1.29. The third-order valence-electron chi connectivity index (χ3n) is 12.4. The van der Waals surface area contributed by atoms with Crippen LogP contribution in [0.3, 0.4) is 0 Å². The molecular weight excluding hydrogens is 824 g/mol. The van der Waals surface area contributed by atoms with Gasteiger partial charge in [-0.25, -0.2) is 22.9 Å². The number of amides is 3. The third kappa shape index (κ3) is 9.82. The number of imide groups is 1. The zero-order chi connectivity index (χ0) is 43.4. The molecule has 3 fully saturated rings. The Morgan fingerprint density at radius 2 is 1.81 bits per heavy atom. The Labute approximate surface area is 387 Å². The van der Waals surface area contributed by atoms with Gasteiger partial charge in [-0.1, -0.05) is 38.0 Å². The first-order chi connectivity index (χ1) is 29.4. The molecule has 0 bridgehead atoms. The number of fused-ring (bicyclic) bond motifs is 2. The van der Waals surface area contributed by atoms with Crippen molar-refractivity contribution < 1.29 is 52.7 Å². The molecule has 1 aliphatic heterocycles. The Kier molecular flexibility index (Phi) is 15.4. The van der Waals surface area contributed by atoms with E-state index in [0.29, 0.717) is 27.8 Å². The van der Waals surface area contributed by atoms with E-state index in [1.54, 1.807) is 40.8 Å². The average molecular weight is 875 g/mol. The molecule has 3 amide bonds. The van der Waals surface area contributed by atoms with Crippen LogP contribution in [0.25, 0.3) is 21.8 Å². The smallest absolute Gasteiger partial charge is 0.453 e. The topological polar surface area (TPSA) is 150 Å². The van der Waals surface area contributed by atoms with Crippen molar-refractivity contribution in [2.75, 3.05) is 29.8 Å². The third-order valence-corrected chi connectivity index (χ3v) is 13.3. The fraction of sp³-hybridized carbons (Fsp3) is 0.422. The fourth-order valence-electron chi connectivity index (χ4n) is 8.56. The van der Waals surface area contributed by atoms with Gasteiger partial charge in [0.05, 0.1) is 28.4 Å². The van der Waals surface area contributed by atoms with E-state index in [1.807, 2.05) is 30.4 Å². The Hall–Kier alpha value is -4.53. The Balaban J connectivity index is 0.000000216. The first kappa shape index (κ1) is 47.0. The van der Waals surface area contributed by atoms with Crippen molar-refractivity contribution in [1.29, 1.82) is 5.26 Å². The van der Waals surface area contributed by atoms with E-state index in [1.165, 1.54) is 41.7 Å². The molecule has 2 aromatic heterocycles. The van der Waals surface area contributed by atoms with Crippen LogP contribution in [0.4, 0.5) is 25.1 Å². The summed E-state index contributed by atoms with van der Waals surface area (Å²) in [5, 5.41) is 17.4. The largest absolute Gasteiger partial charge is 1.00 e. The van der Waals surface area contributed by atoms with E-state index in [2.05, 4.69) is 34.0 Å². The van der Waals surface area contributed by atoms with Crippen LogP contribution in [0.1, 0.15) is 101 Å². The summed E-state index contributed by atoms with van der Waals surface area (Å²) in [7, 11) is 3.69. The molecule has 0 radical (unpaired) electrons. The molecule has 0 spiro atoms. The van der Waals surface area contributed by atoms with Crippen molar-refractivity contribution in [3.8, 4) is 17.6 Å². The van der Waals surface area contributed by atoms with E-state index >= 15 is 0 Å². The van der Waals surface area contributed by atoms with Gasteiger partial charge in [-0.3, -0.25) is 29.1 Å². The number of halogens is 2. The molecule has 1 atom stereocenters. The number of nitrogens with zero attached hydrogens (tertiary/aromatic N) is 7. The average Bonchev–Trinajstić information content (AvgIpc) is 3.85. The quantitative estimate of drug-likeness (QED) is 0.0856. The van der Waals surface area contributed by atoms with Crippen LogP contribution in [0.15, 0.2) is 53.6 Å². The van der Waals surface area contributed by atoms with Gasteiger partial charge in [0.1, 0.15) is 23.2 Å². The maximum atomic E-state index is 14.8. The zero-order valence-corrected chi connectivity index (χ0v) is 38.6. The number of carbonyl (C=O) groups excluding carboxylic acids is 2. The molecule has 2 aliphatic carbocycles. The van der Waals surface area contributed by atoms with Gasteiger partial charge in [-0.2, -0.15) is 23.2 Å². The van der Waals surface area contributed by atoms with Crippen molar-refractivity contribution in [1.82, 2.24) is 29.0 Å². The van der Waals surface area contributed by atoms with Crippen LogP contribution in [-0.2, 0) is 11.8 Å². The van der Waals surface area contributed by atoms with Gasteiger partial charge in [0.15, 0.2) is 17.4 Å². The Bertz CT molecular complexity index is 2550. The molecule has 2 saturated carbocycles. The first-order valence-corrected chi connectivity index (χ1v) is 21.6. The van der Waals surface area contributed by atoms with Crippen molar-refractivity contribution >= 4 is 57.4 Å². The minimum atomic E-state index is -0.668. The number of ether oxygens (including phenoxy) is 1. The van der Waals surface area contributed by atoms with Crippen molar-refractivity contribution in [2.24, 2.45) is 12.5 Å². The molecule has 5 aromatic rings. The standard InChI is InChI=1S/C27H30FN5O2S.C18H21FN4O2.Na/c1-5-27(6-2)13-12-18(15-27)33-17-30-23-10-8-19(14-20(23)26(33)34)35-25-21(16-29)24(11-9-22(25)28)31-36-32(4)7-3;1-22-15-10-12(11-5-3-2-4-6-11)14(19)9-13(15)17(21-22)23-8-7-16(24)20-18(23)25;/h8-11,14,17-18,31H,1-2,5-7,12-13,15H2,3-4H3;9-11H,2-8H2,1H3,(H,20,24,25);/q-2;;+1. The molecule has 3 aromatic carbocycles. The van der Waals surface area contributed by atoms with Crippen LogP contribution in [0.2, 0.25) is 0 Å². The van der Waals surface area contributed by atoms with Gasteiger partial charge < -0.3 is 23.3 Å². The zero-order valence-electron chi connectivity index (χ0n) is 35.8. The summed E-state index contributed by atoms with van der Waals surface area (Å²) in [5.41, 5.74) is 2.44. The Morgan fingerprint density at radius 3 is 2.48 bits per heavy atom. The summed E-state index contributed by atoms with van der Waals surface area (Å²) in [6.45, 7) is 11.2. The van der Waals surface area contributed by atoms with Gasteiger partial charge in [-0.05, 0) is 86.7 Å². The summed E-state index contributed by atoms with van der Waals surface area (Å²) in [6.07, 6.45) is 11.6. The molecule has 3 aliphatic rings. The van der Waals surface area contributed by atoms with Gasteiger partial charge in [-0.15, -0.1) is 0 Å². The van der Waals surface area contributed by atoms with Crippen LogP contribution in [0, 0.1) is 42.2 Å². The van der Waals surface area contributed by atoms with E-state index in [-0.39, 0.29) is 94.2 Å². The maximum Gasteiger partial charge on any atom is 1.00 e. The van der Waals surface area contributed by atoms with Gasteiger partial charge >= 0.3 is 35.6 Å². The van der Waals surface area contributed by atoms with E-state index in [0.717, 1.165) is 75.4 Å². The van der Waals surface area contributed by atoms with E-state index in [4.69, 9.17) is 4.74 Å². The molecule has 13 nitrogen and oxygen atoms in total. The number of nitrogens with one attached hydrogen (secondary N) is 2. The second-order valence-corrected chi connectivity index (χ2v) is 17.1. The van der Waals surface area contributed by atoms with E-state index < -0.39 is 11.8 Å². The van der Waals surface area contributed by atoms with Crippen LogP contribution >= 0.6 is 12.1 Å². The molecule has 1 unspecified atom stereocenters. The number of aryl methyl sites for hydroxylation is 1. The minimum absolute atomic E-state index is 0. The van der Waals surface area contributed by atoms with Crippen LogP contribution < -0.4 is 54.8 Å².